The fraction of sp³-hybridized carbons (Fsp3) is 0.630. The topological polar surface area (TPSA) is 110 Å². The number of hydrogen-bond acceptors (Lipinski definition) is 4. The van der Waals surface area contributed by atoms with Crippen molar-refractivity contribution < 1.29 is 4.79 Å². The number of aromatic nitrogens is 4. The normalized spacial score (nSPS) is 16.7. The third-order valence-corrected chi connectivity index (χ3v) is 6.83. The smallest absolute Gasteiger partial charge is 0.227 e. The van der Waals surface area contributed by atoms with Crippen LogP contribution in [0.3, 0.4) is 0 Å². The molecule has 0 radical (unpaired) electrons. The molecular formula is C27H40N6O. The van der Waals surface area contributed by atoms with E-state index in [1.807, 2.05) is 26.1 Å². The number of carbonyl (C=O) groups excluding carboxylic acids is 1. The first kappa shape index (κ1) is 25.7. The van der Waals surface area contributed by atoms with Crippen LogP contribution < -0.4 is 5.32 Å². The molecule has 5 rings (SSSR count). The second-order valence-electron chi connectivity index (χ2n) is 9.30. The molecule has 2 fully saturated rings. The molecule has 0 bridgehead atoms. The van der Waals surface area contributed by atoms with Crippen LogP contribution in [0.1, 0.15) is 90.3 Å². The largest absolute Gasteiger partial charge is 0.355 e. The van der Waals surface area contributed by atoms with Gasteiger partial charge in [0.2, 0.25) is 5.91 Å². The van der Waals surface area contributed by atoms with Gasteiger partial charge >= 0.3 is 0 Å². The average molecular weight is 465 g/mol. The van der Waals surface area contributed by atoms with Crippen molar-refractivity contribution in [2.75, 3.05) is 6.54 Å². The summed E-state index contributed by atoms with van der Waals surface area (Å²) in [7, 11) is 0. The minimum Gasteiger partial charge on any atom is -0.355 e. The molecule has 3 N–H and O–H groups in total. The molecule has 34 heavy (non-hydrogen) atoms. The molecule has 0 unspecified atom stereocenters. The lowest BCUT2D eigenvalue weighted by molar-refractivity contribution is -0.120. The van der Waals surface area contributed by atoms with Gasteiger partial charge < -0.3 is 15.3 Å². The van der Waals surface area contributed by atoms with Gasteiger partial charge in [-0.15, -0.1) is 0 Å². The number of imidazole rings is 1. The maximum absolute atomic E-state index is 12.2. The fourth-order valence-corrected chi connectivity index (χ4v) is 4.99. The summed E-state index contributed by atoms with van der Waals surface area (Å²) in [6.45, 7) is 4.79. The summed E-state index contributed by atoms with van der Waals surface area (Å²) in [5, 5.41) is 12.4. The number of nitrogens with one attached hydrogen (secondary N) is 3. The number of carbonyl (C=O) groups is 1. The quantitative estimate of drug-likeness (QED) is 0.418. The molecule has 0 aliphatic heterocycles. The monoisotopic (exact) mass is 464 g/mol. The van der Waals surface area contributed by atoms with Crippen LogP contribution in [0.25, 0.3) is 22.1 Å². The van der Waals surface area contributed by atoms with Crippen LogP contribution in [-0.2, 0) is 11.2 Å². The second-order valence-corrected chi connectivity index (χ2v) is 9.30. The van der Waals surface area contributed by atoms with Gasteiger partial charge in [-0.1, -0.05) is 52.4 Å². The van der Waals surface area contributed by atoms with Gasteiger partial charge in [-0.2, -0.15) is 5.26 Å². The lowest BCUT2D eigenvalue weighted by Gasteiger charge is -2.21. The van der Waals surface area contributed by atoms with Gasteiger partial charge in [0.15, 0.2) is 0 Å². The maximum Gasteiger partial charge on any atom is 0.227 e. The van der Waals surface area contributed by atoms with Crippen LogP contribution in [0.4, 0.5) is 0 Å². The van der Waals surface area contributed by atoms with Crippen LogP contribution in [-0.4, -0.2) is 32.4 Å². The Morgan fingerprint density at radius 2 is 1.76 bits per heavy atom. The number of fused-ring (bicyclic) bond motifs is 3. The van der Waals surface area contributed by atoms with Gasteiger partial charge in [-0.05, 0) is 43.6 Å². The molecule has 7 heteroatoms. The Bertz CT molecular complexity index is 1050. The zero-order chi connectivity index (χ0) is 24.2. The Labute approximate surface area is 203 Å². The molecule has 0 aromatic carbocycles. The van der Waals surface area contributed by atoms with Crippen LogP contribution in [0.5, 0.6) is 0 Å². The Kier molecular flexibility index (Phi) is 10.4. The molecule has 3 aromatic rings. The zero-order valence-electron chi connectivity index (χ0n) is 20.8. The van der Waals surface area contributed by atoms with E-state index in [0.717, 1.165) is 41.0 Å². The van der Waals surface area contributed by atoms with Crippen molar-refractivity contribution in [1.29, 1.82) is 5.26 Å². The molecule has 2 aliphatic rings. The number of hydrogen-bond donors (Lipinski definition) is 3. The maximum atomic E-state index is 12.2. The van der Waals surface area contributed by atoms with Gasteiger partial charge in [0.05, 0.1) is 24.2 Å². The Morgan fingerprint density at radius 3 is 2.44 bits per heavy atom. The lowest BCUT2D eigenvalue weighted by atomic mass is 9.87. The summed E-state index contributed by atoms with van der Waals surface area (Å²) in [5.41, 5.74) is 2.55. The van der Waals surface area contributed by atoms with Crippen LogP contribution in [0.15, 0.2) is 18.5 Å². The van der Waals surface area contributed by atoms with Crippen molar-refractivity contribution in [1.82, 2.24) is 25.3 Å². The summed E-state index contributed by atoms with van der Waals surface area (Å²) >= 11 is 0. The molecule has 3 aromatic heterocycles. The number of pyridine rings is 1. The van der Waals surface area contributed by atoms with E-state index in [1.54, 1.807) is 6.20 Å². The highest BCUT2D eigenvalue weighted by atomic mass is 16.1. The Hall–Kier alpha value is -2.88. The molecule has 0 spiro atoms. The van der Waals surface area contributed by atoms with Gasteiger partial charge in [0.25, 0.3) is 0 Å². The number of H-pyrrole nitrogens is 2. The molecule has 2 saturated carbocycles. The van der Waals surface area contributed by atoms with Gasteiger partial charge in [0.1, 0.15) is 17.0 Å². The van der Waals surface area contributed by atoms with E-state index in [1.165, 1.54) is 64.2 Å². The molecule has 7 nitrogen and oxygen atoms in total. The van der Waals surface area contributed by atoms with E-state index in [4.69, 9.17) is 5.26 Å². The van der Waals surface area contributed by atoms with Crippen molar-refractivity contribution >= 4 is 28.0 Å². The number of nitrogens with zero attached hydrogens (tertiary/aromatic N) is 3. The summed E-state index contributed by atoms with van der Waals surface area (Å²) in [6, 6.07) is 4.19. The van der Waals surface area contributed by atoms with Crippen molar-refractivity contribution in [3.8, 4) is 6.07 Å². The lowest BCUT2D eigenvalue weighted by Crippen LogP contribution is -2.31. The van der Waals surface area contributed by atoms with Gasteiger partial charge in [0, 0.05) is 24.5 Å². The standard InChI is InChI=1S/C17H21N5O.C8H13N.C2H6/c23-15(19-9-11-4-2-1-3-5-11)8-14-21-13-10-20-17-12(6-7-18-17)16(13)22-14;9-7-6-8-4-2-1-3-5-8;1-2/h6-7,10-11H,1-5,8-9H2,(H,18,20)(H,19,23)(H,21,22);8H,1-6H2;1-2H3. The second kappa shape index (κ2) is 13.7. The highest BCUT2D eigenvalue weighted by Gasteiger charge is 2.16. The molecule has 2 aliphatic carbocycles. The van der Waals surface area contributed by atoms with E-state index in [2.05, 4.69) is 31.3 Å². The highest BCUT2D eigenvalue weighted by molar-refractivity contribution is 6.00. The van der Waals surface area contributed by atoms with E-state index in [0.29, 0.717) is 11.7 Å². The van der Waals surface area contributed by atoms with E-state index in [9.17, 15) is 4.79 Å². The molecular weight excluding hydrogens is 424 g/mol. The number of rotatable bonds is 5. The van der Waals surface area contributed by atoms with Gasteiger partial charge in [-0.25, -0.2) is 9.97 Å². The van der Waals surface area contributed by atoms with Crippen molar-refractivity contribution in [2.45, 2.75) is 90.9 Å². The van der Waals surface area contributed by atoms with E-state index >= 15 is 0 Å². The number of nitriles is 1. The molecule has 3 heterocycles. The average Bonchev–Trinajstić information content (AvgIpc) is 3.52. The summed E-state index contributed by atoms with van der Waals surface area (Å²) in [5.74, 6) is 2.11. The summed E-state index contributed by atoms with van der Waals surface area (Å²) in [6.07, 6.45) is 17.8. The van der Waals surface area contributed by atoms with Gasteiger partial charge in [-0.3, -0.25) is 4.79 Å². The summed E-state index contributed by atoms with van der Waals surface area (Å²) < 4.78 is 0. The number of aromatic amines is 2. The van der Waals surface area contributed by atoms with Crippen LogP contribution >= 0.6 is 0 Å². The predicted octanol–water partition coefficient (Wildman–Crippen LogP) is 6.18. The first-order chi connectivity index (χ1) is 16.7. The first-order valence-corrected chi connectivity index (χ1v) is 13.2. The van der Waals surface area contributed by atoms with E-state index < -0.39 is 0 Å². The third-order valence-electron chi connectivity index (χ3n) is 6.83. The van der Waals surface area contributed by atoms with E-state index in [-0.39, 0.29) is 12.3 Å². The van der Waals surface area contributed by atoms with Crippen molar-refractivity contribution in [3.05, 3.63) is 24.3 Å². The van der Waals surface area contributed by atoms with Crippen LogP contribution in [0, 0.1) is 23.2 Å². The Morgan fingerprint density at radius 1 is 1.09 bits per heavy atom. The molecule has 184 valence electrons. The summed E-state index contributed by atoms with van der Waals surface area (Å²) in [4.78, 5) is 27.3. The van der Waals surface area contributed by atoms with Crippen LogP contribution in [0.2, 0.25) is 0 Å². The molecule has 0 atom stereocenters. The Balaban J connectivity index is 0.000000248. The minimum absolute atomic E-state index is 0.0351. The minimum atomic E-state index is 0.0351. The predicted molar refractivity (Wildman–Crippen MR) is 137 cm³/mol. The fourth-order valence-electron chi connectivity index (χ4n) is 4.99. The third kappa shape index (κ3) is 7.31. The zero-order valence-corrected chi connectivity index (χ0v) is 20.8. The van der Waals surface area contributed by atoms with Crippen molar-refractivity contribution in [2.24, 2.45) is 11.8 Å². The van der Waals surface area contributed by atoms with Crippen molar-refractivity contribution in [3.63, 3.8) is 0 Å². The SMILES string of the molecule is CC.N#CCC1CCCCC1.O=C(Cc1nc2c(cnc3[nH]ccc32)[nH]1)NCC1CCCCC1. The highest BCUT2D eigenvalue weighted by Crippen LogP contribution is 2.25. The first-order valence-electron chi connectivity index (χ1n) is 13.2. The molecule has 1 amide bonds. The number of amides is 1. The molecule has 0 saturated heterocycles.